The smallest absolute Gasteiger partial charge is 0.259 e. The number of carbonyl (C=O) groups excluding carboxylic acids is 1. The molecule has 0 saturated carbocycles. The average Bonchev–Trinajstić information content (AvgIpc) is 3.14. The van der Waals surface area contributed by atoms with Gasteiger partial charge in [0, 0.05) is 18.0 Å². The molecule has 182 valence electrons. The van der Waals surface area contributed by atoms with E-state index in [9.17, 15) is 4.79 Å². The summed E-state index contributed by atoms with van der Waals surface area (Å²) in [5.41, 5.74) is 1.28. The minimum atomic E-state index is -1.34. The van der Waals surface area contributed by atoms with Crippen LogP contribution in [0.4, 0.5) is 5.95 Å². The first-order chi connectivity index (χ1) is 15.7. The predicted molar refractivity (Wildman–Crippen MR) is 130 cm³/mol. The molecule has 10 nitrogen and oxygen atoms in total. The van der Waals surface area contributed by atoms with Crippen molar-refractivity contribution in [2.45, 2.75) is 79.6 Å². The summed E-state index contributed by atoms with van der Waals surface area (Å²) in [4.78, 5) is 28.5. The Balaban J connectivity index is 2.23. The van der Waals surface area contributed by atoms with Crippen molar-refractivity contribution >= 4 is 31.5 Å². The molecule has 2 aromatic heterocycles. The van der Waals surface area contributed by atoms with Gasteiger partial charge in [0.2, 0.25) is 18.4 Å². The number of fused-ring (bicyclic) bond motifs is 1. The Kier molecular flexibility index (Phi) is 10.6. The molecule has 2 atom stereocenters. The fourth-order valence-electron chi connectivity index (χ4n) is 3.18. The lowest BCUT2D eigenvalue weighted by molar-refractivity contribution is -0.118. The summed E-state index contributed by atoms with van der Waals surface area (Å²) >= 11 is 0. The predicted octanol–water partition coefficient (Wildman–Crippen LogP) is 4.50. The number of rotatable bonds is 13. The van der Waals surface area contributed by atoms with Crippen LogP contribution in [0.1, 0.15) is 54.9 Å². The molecule has 33 heavy (non-hydrogen) atoms. The third-order valence-electron chi connectivity index (χ3n) is 4.86. The molecule has 2 aromatic rings. The Bertz CT molecular complexity index is 934. The summed E-state index contributed by atoms with van der Waals surface area (Å²) in [6, 6.07) is 0.464. The first-order valence-corrected chi connectivity index (χ1v) is 12.5. The van der Waals surface area contributed by atoms with Crippen LogP contribution in [-0.4, -0.2) is 61.4 Å². The van der Waals surface area contributed by atoms with Crippen LogP contribution in [0.15, 0.2) is 12.5 Å². The molecule has 1 unspecified atom stereocenters. The van der Waals surface area contributed by atoms with Crippen molar-refractivity contribution in [1.82, 2.24) is 24.2 Å². The number of aromatic nitrogens is 4. The van der Waals surface area contributed by atoms with Crippen molar-refractivity contribution in [3.05, 3.63) is 23.9 Å². The van der Waals surface area contributed by atoms with Crippen molar-refractivity contribution in [2.75, 3.05) is 18.5 Å². The highest BCUT2D eigenvalue weighted by molar-refractivity contribution is 7.44. The van der Waals surface area contributed by atoms with E-state index >= 15 is 0 Å². The lowest BCUT2D eigenvalue weighted by atomic mass is 10.2. The van der Waals surface area contributed by atoms with Gasteiger partial charge in [0.1, 0.15) is 12.1 Å². The zero-order valence-electron chi connectivity index (χ0n) is 20.6. The van der Waals surface area contributed by atoms with Crippen LogP contribution in [0, 0.1) is 12.5 Å². The second kappa shape index (κ2) is 12.9. The van der Waals surface area contributed by atoms with Gasteiger partial charge < -0.3 is 18.5 Å². The van der Waals surface area contributed by atoms with Gasteiger partial charge in [0.05, 0.1) is 25.2 Å². The molecule has 1 amide bonds. The van der Waals surface area contributed by atoms with E-state index in [4.69, 9.17) is 15.6 Å². The Labute approximate surface area is 197 Å². The first-order valence-electron chi connectivity index (χ1n) is 11.4. The summed E-state index contributed by atoms with van der Waals surface area (Å²) < 4.78 is 16.7. The molecule has 2 rings (SSSR count). The van der Waals surface area contributed by atoms with Gasteiger partial charge in [0.15, 0.2) is 5.65 Å². The number of imidazole rings is 1. The minimum absolute atomic E-state index is 0.139. The number of carbonyl (C=O) groups is 1. The van der Waals surface area contributed by atoms with E-state index in [-0.39, 0.29) is 36.0 Å². The molecule has 0 spiro atoms. The molecule has 0 aliphatic rings. The second-order valence-corrected chi connectivity index (χ2v) is 10.0. The molecule has 0 fully saturated rings. The highest BCUT2D eigenvalue weighted by Gasteiger charge is 2.30. The molecular weight excluding hydrogens is 441 g/mol. The topological polar surface area (TPSA) is 98.8 Å². The van der Waals surface area contributed by atoms with Gasteiger partial charge in [-0.25, -0.2) is 21.2 Å². The molecule has 0 saturated heterocycles. The summed E-state index contributed by atoms with van der Waals surface area (Å²) in [6.45, 7) is 22.4. The molecule has 0 radical (unpaired) electrons. The van der Waals surface area contributed by atoms with Gasteiger partial charge in [-0.05, 0) is 34.1 Å². The van der Waals surface area contributed by atoms with E-state index < -0.39 is 8.53 Å². The third-order valence-corrected chi connectivity index (χ3v) is 7.05. The van der Waals surface area contributed by atoms with Crippen molar-refractivity contribution in [2.24, 2.45) is 5.92 Å². The number of hydrogen-bond acceptors (Lipinski definition) is 7. The number of anilines is 1. The lowest BCUT2D eigenvalue weighted by Gasteiger charge is -2.37. The molecule has 1 N–H and O–H groups in total. The van der Waals surface area contributed by atoms with Crippen LogP contribution in [-0.2, 0) is 20.4 Å². The molecule has 2 heterocycles. The standard InChI is InChI=1S/C22H36N7O3P/c1-9-18(32-33(31-11-10-23-8)29(16(4)5)17(6)7)13-28-14-25-19-12-24-22(26-20(19)28)27-21(30)15(2)3/h12,14-18H,9-11,13H2,1-7H3,(H,24,26,27,30)/t18-,33?/m1/s1. The number of nitrogens with zero attached hydrogens (tertiary/aromatic N) is 6. The Morgan fingerprint density at radius 3 is 2.52 bits per heavy atom. The first kappa shape index (κ1) is 27.1. The molecule has 0 aliphatic carbocycles. The maximum Gasteiger partial charge on any atom is 0.259 e. The zero-order chi connectivity index (χ0) is 24.5. The van der Waals surface area contributed by atoms with Gasteiger partial charge in [-0.1, -0.05) is 20.8 Å². The van der Waals surface area contributed by atoms with Gasteiger partial charge in [-0.2, -0.15) is 4.98 Å². The fourth-order valence-corrected chi connectivity index (χ4v) is 4.94. The Morgan fingerprint density at radius 2 is 1.94 bits per heavy atom. The zero-order valence-corrected chi connectivity index (χ0v) is 21.5. The van der Waals surface area contributed by atoms with E-state index in [0.29, 0.717) is 30.9 Å². The highest BCUT2D eigenvalue weighted by atomic mass is 31.2. The normalized spacial score (nSPS) is 13.8. The molecule has 0 bridgehead atoms. The monoisotopic (exact) mass is 477 g/mol. The lowest BCUT2D eigenvalue weighted by Crippen LogP contribution is -2.35. The van der Waals surface area contributed by atoms with E-state index in [0.717, 1.165) is 6.42 Å². The van der Waals surface area contributed by atoms with Crippen molar-refractivity contribution in [1.29, 1.82) is 0 Å². The van der Waals surface area contributed by atoms with Crippen LogP contribution in [0.3, 0.4) is 0 Å². The third kappa shape index (κ3) is 7.68. The molecule has 11 heteroatoms. The van der Waals surface area contributed by atoms with Gasteiger partial charge >= 0.3 is 0 Å². The highest BCUT2D eigenvalue weighted by Crippen LogP contribution is 2.47. The molecular formula is C22H36N7O3P. The van der Waals surface area contributed by atoms with Gasteiger partial charge in [0.25, 0.3) is 8.53 Å². The van der Waals surface area contributed by atoms with E-state index in [2.05, 4.69) is 64.4 Å². The van der Waals surface area contributed by atoms with Crippen molar-refractivity contribution < 1.29 is 13.8 Å². The minimum Gasteiger partial charge on any atom is -0.317 e. The summed E-state index contributed by atoms with van der Waals surface area (Å²) in [5.74, 6) is -0.0497. The van der Waals surface area contributed by atoms with Crippen molar-refractivity contribution in [3.8, 4) is 0 Å². The number of amides is 1. The SMILES string of the molecule is [C-]#[N+]CCOP(O[C@H](CC)Cn1cnc2cnc(NC(=O)C(C)C)nc21)N(C(C)C)C(C)C. The van der Waals surface area contributed by atoms with Crippen molar-refractivity contribution in [3.63, 3.8) is 0 Å². The van der Waals surface area contributed by atoms with Crippen LogP contribution >= 0.6 is 8.53 Å². The molecule has 0 aromatic carbocycles. The fraction of sp³-hybridized carbons (Fsp3) is 0.682. The number of hydrogen-bond donors (Lipinski definition) is 1. The Hall–Kier alpha value is -2.18. The van der Waals surface area contributed by atoms with E-state index in [1.807, 2.05) is 18.4 Å². The molecule has 0 aliphatic heterocycles. The quantitative estimate of drug-likeness (QED) is 0.258. The maximum atomic E-state index is 12.0. The summed E-state index contributed by atoms with van der Waals surface area (Å²) in [6.07, 6.45) is 3.93. The van der Waals surface area contributed by atoms with Gasteiger partial charge in [-0.15, -0.1) is 0 Å². The number of nitrogens with one attached hydrogen (secondary N) is 1. The van der Waals surface area contributed by atoms with Gasteiger partial charge in [-0.3, -0.25) is 10.1 Å². The average molecular weight is 478 g/mol. The summed E-state index contributed by atoms with van der Waals surface area (Å²) in [7, 11) is -1.34. The van der Waals surface area contributed by atoms with E-state index in [1.165, 1.54) is 0 Å². The van der Waals surface area contributed by atoms with Crippen LogP contribution < -0.4 is 5.32 Å². The maximum absolute atomic E-state index is 12.0. The van der Waals surface area contributed by atoms with Crippen LogP contribution in [0.2, 0.25) is 0 Å². The van der Waals surface area contributed by atoms with Crippen LogP contribution in [0.5, 0.6) is 0 Å². The van der Waals surface area contributed by atoms with E-state index in [1.54, 1.807) is 12.5 Å². The second-order valence-electron chi connectivity index (χ2n) is 8.60. The Morgan fingerprint density at radius 1 is 1.24 bits per heavy atom. The largest absolute Gasteiger partial charge is 0.317 e. The summed E-state index contributed by atoms with van der Waals surface area (Å²) in [5, 5.41) is 2.74. The van der Waals surface area contributed by atoms with Crippen LogP contribution in [0.25, 0.3) is 16.0 Å².